The molecule has 1 aliphatic heterocycles. The van der Waals surface area contributed by atoms with Crippen LogP contribution in [0.5, 0.6) is 0 Å². The van der Waals surface area contributed by atoms with Crippen molar-refractivity contribution in [1.82, 2.24) is 20.2 Å². The molecule has 1 fully saturated rings. The third-order valence-corrected chi connectivity index (χ3v) is 6.87. The largest absolute Gasteiger partial charge is 0.337 e. The zero-order valence-corrected chi connectivity index (χ0v) is 19.4. The van der Waals surface area contributed by atoms with Crippen molar-refractivity contribution in [1.29, 1.82) is 5.26 Å². The Kier molecular flexibility index (Phi) is 5.45. The number of nitrogens with one attached hydrogen (secondary N) is 2. The summed E-state index contributed by atoms with van der Waals surface area (Å²) < 4.78 is 14.5. The van der Waals surface area contributed by atoms with E-state index in [0.29, 0.717) is 28.7 Å². The zero-order chi connectivity index (χ0) is 24.6. The van der Waals surface area contributed by atoms with Crippen molar-refractivity contribution in [2.75, 3.05) is 21.8 Å². The highest BCUT2D eigenvalue weighted by atomic mass is 19.1. The van der Waals surface area contributed by atoms with Gasteiger partial charge in [-0.3, -0.25) is 14.8 Å². The van der Waals surface area contributed by atoms with Gasteiger partial charge in [0.05, 0.1) is 35.2 Å². The fraction of sp³-hybridized carbons (Fsp3) is 0.269. The monoisotopic (exact) mass is 482 g/mol. The number of hydrogen-bond acceptors (Lipinski definition) is 7. The van der Waals surface area contributed by atoms with Gasteiger partial charge in [0.1, 0.15) is 18.4 Å². The molecule has 0 saturated heterocycles. The van der Waals surface area contributed by atoms with E-state index in [9.17, 15) is 14.4 Å². The molecule has 36 heavy (non-hydrogen) atoms. The summed E-state index contributed by atoms with van der Waals surface area (Å²) in [6, 6.07) is 13.6. The molecular formula is C26H23FN8O. The second kappa shape index (κ2) is 8.92. The minimum atomic E-state index is -1.00. The van der Waals surface area contributed by atoms with Gasteiger partial charge in [-0.15, -0.1) is 0 Å². The maximum Gasteiger partial charge on any atom is 0.257 e. The molecule has 10 heteroatoms. The Morgan fingerprint density at radius 1 is 1.17 bits per heavy atom. The van der Waals surface area contributed by atoms with Crippen molar-refractivity contribution in [3.05, 3.63) is 60.4 Å². The van der Waals surface area contributed by atoms with Crippen LogP contribution in [0.1, 0.15) is 31.2 Å². The van der Waals surface area contributed by atoms with Gasteiger partial charge in [-0.1, -0.05) is 18.9 Å². The molecule has 0 spiro atoms. The van der Waals surface area contributed by atoms with E-state index < -0.39 is 12.7 Å². The van der Waals surface area contributed by atoms with Crippen LogP contribution in [0.15, 0.2) is 54.9 Å². The highest BCUT2D eigenvalue weighted by molar-refractivity contribution is 6.10. The van der Waals surface area contributed by atoms with Gasteiger partial charge < -0.3 is 10.2 Å². The molecule has 1 saturated carbocycles. The molecule has 2 aliphatic rings. The van der Waals surface area contributed by atoms with E-state index in [-0.39, 0.29) is 11.9 Å². The molecular weight excluding hydrogens is 459 g/mol. The first-order valence-corrected chi connectivity index (χ1v) is 11.9. The summed E-state index contributed by atoms with van der Waals surface area (Å²) >= 11 is 0. The summed E-state index contributed by atoms with van der Waals surface area (Å²) in [5, 5.41) is 20.5. The molecule has 6 rings (SSSR count). The number of carbonyl (C=O) groups is 1. The first-order valence-electron chi connectivity index (χ1n) is 11.9. The van der Waals surface area contributed by atoms with Gasteiger partial charge in [0.15, 0.2) is 5.82 Å². The number of halogens is 1. The van der Waals surface area contributed by atoms with Crippen molar-refractivity contribution >= 4 is 45.6 Å². The number of nitrogens with zero attached hydrogens (tertiary/aromatic N) is 6. The minimum Gasteiger partial charge on any atom is -0.337 e. The zero-order valence-electron chi connectivity index (χ0n) is 19.4. The van der Waals surface area contributed by atoms with E-state index in [0.717, 1.165) is 42.3 Å². The second-order valence-electron chi connectivity index (χ2n) is 9.05. The lowest BCUT2D eigenvalue weighted by molar-refractivity contribution is -0.120. The van der Waals surface area contributed by atoms with Crippen molar-refractivity contribution in [2.45, 2.75) is 37.8 Å². The summed E-state index contributed by atoms with van der Waals surface area (Å²) in [5.41, 5.74) is 3.07. The second-order valence-corrected chi connectivity index (χ2v) is 9.05. The van der Waals surface area contributed by atoms with Crippen LogP contribution < -0.4 is 15.1 Å². The molecule has 0 radical (unpaired) electrons. The van der Waals surface area contributed by atoms with Crippen molar-refractivity contribution in [3.8, 4) is 6.07 Å². The molecule has 1 amide bonds. The summed E-state index contributed by atoms with van der Waals surface area (Å²) in [6.45, 7) is -0.840. The quantitative estimate of drug-likeness (QED) is 0.423. The van der Waals surface area contributed by atoms with Crippen LogP contribution in [0.2, 0.25) is 0 Å². The maximum atomic E-state index is 14.5. The standard InChI is InChI=1S/C26H23FN8O/c27-12-22-25(36)35(20-7-3-4-16(10-20)13-28)23-15-29-26(32-24(23)34(22)19-5-1-2-6-19)31-18-8-9-21-17(11-18)14-30-33-21/h3-4,7-11,14-15,19,22H,1-2,5-6,12H2,(H,30,33)(H,29,31,32)/t22-/m1/s1. The average molecular weight is 483 g/mol. The number of hydrogen-bond donors (Lipinski definition) is 2. The average Bonchev–Trinajstić information content (AvgIpc) is 3.60. The number of alkyl halides is 1. The number of H-pyrrole nitrogens is 1. The summed E-state index contributed by atoms with van der Waals surface area (Å²) in [6.07, 6.45) is 7.13. The van der Waals surface area contributed by atoms with Crippen LogP contribution in [0.25, 0.3) is 10.9 Å². The minimum absolute atomic E-state index is 0.0195. The summed E-state index contributed by atoms with van der Waals surface area (Å²) in [4.78, 5) is 26.2. The normalized spacial score (nSPS) is 17.9. The molecule has 1 atom stereocenters. The lowest BCUT2D eigenvalue weighted by Crippen LogP contribution is -2.56. The molecule has 4 aromatic rings. The Labute approximate surface area is 206 Å². The predicted octanol–water partition coefficient (Wildman–Crippen LogP) is 4.73. The molecule has 3 heterocycles. The molecule has 2 aromatic carbocycles. The van der Waals surface area contributed by atoms with E-state index in [2.05, 4.69) is 26.6 Å². The van der Waals surface area contributed by atoms with Crippen LogP contribution >= 0.6 is 0 Å². The molecule has 180 valence electrons. The van der Waals surface area contributed by atoms with E-state index in [4.69, 9.17) is 4.98 Å². The Balaban J connectivity index is 1.46. The van der Waals surface area contributed by atoms with Crippen LogP contribution in [-0.4, -0.2) is 44.8 Å². The van der Waals surface area contributed by atoms with Gasteiger partial charge in [-0.25, -0.2) is 9.37 Å². The molecule has 2 aromatic heterocycles. The highest BCUT2D eigenvalue weighted by Gasteiger charge is 2.44. The Bertz CT molecular complexity index is 1490. The van der Waals surface area contributed by atoms with E-state index in [1.807, 2.05) is 23.1 Å². The van der Waals surface area contributed by atoms with E-state index in [1.54, 1.807) is 36.7 Å². The van der Waals surface area contributed by atoms with Gasteiger partial charge in [-0.2, -0.15) is 15.3 Å². The van der Waals surface area contributed by atoms with Crippen LogP contribution in [0.3, 0.4) is 0 Å². The summed E-state index contributed by atoms with van der Waals surface area (Å²) in [5.74, 6) is 0.465. The van der Waals surface area contributed by atoms with Crippen LogP contribution in [0, 0.1) is 11.3 Å². The molecule has 0 unspecified atom stereocenters. The Morgan fingerprint density at radius 2 is 2.03 bits per heavy atom. The molecule has 2 N–H and O–H groups in total. The van der Waals surface area contributed by atoms with Gasteiger partial charge in [0.25, 0.3) is 5.91 Å². The smallest absolute Gasteiger partial charge is 0.257 e. The number of benzene rings is 2. The fourth-order valence-corrected chi connectivity index (χ4v) is 5.19. The maximum absolute atomic E-state index is 14.5. The molecule has 9 nitrogen and oxygen atoms in total. The first kappa shape index (κ1) is 22.0. The Morgan fingerprint density at radius 3 is 2.83 bits per heavy atom. The number of carbonyl (C=O) groups excluding carboxylic acids is 1. The summed E-state index contributed by atoms with van der Waals surface area (Å²) in [7, 11) is 0. The number of rotatable bonds is 5. The van der Waals surface area contributed by atoms with Gasteiger partial charge in [0, 0.05) is 17.1 Å². The number of aromatic amines is 1. The lowest BCUT2D eigenvalue weighted by Gasteiger charge is -2.43. The predicted molar refractivity (Wildman–Crippen MR) is 134 cm³/mol. The number of nitriles is 1. The third kappa shape index (κ3) is 3.69. The molecule has 1 aliphatic carbocycles. The van der Waals surface area contributed by atoms with Crippen molar-refractivity contribution < 1.29 is 9.18 Å². The number of anilines is 5. The van der Waals surface area contributed by atoms with E-state index in [1.165, 1.54) is 4.90 Å². The molecule has 0 bridgehead atoms. The lowest BCUT2D eigenvalue weighted by atomic mass is 10.0. The number of amides is 1. The SMILES string of the molecule is N#Cc1cccc(N2C(=O)[C@@H](CF)N(C3CCCC3)c3nc(Nc4ccc5[nH]ncc5c4)ncc32)c1. The van der Waals surface area contributed by atoms with Crippen LogP contribution in [0.4, 0.5) is 33.2 Å². The van der Waals surface area contributed by atoms with Gasteiger partial charge >= 0.3 is 0 Å². The number of aromatic nitrogens is 4. The van der Waals surface area contributed by atoms with Crippen molar-refractivity contribution in [2.24, 2.45) is 0 Å². The van der Waals surface area contributed by atoms with Crippen molar-refractivity contribution in [3.63, 3.8) is 0 Å². The van der Waals surface area contributed by atoms with E-state index >= 15 is 0 Å². The van der Waals surface area contributed by atoms with Gasteiger partial charge in [-0.05, 0) is 49.2 Å². The third-order valence-electron chi connectivity index (χ3n) is 6.87. The van der Waals surface area contributed by atoms with Crippen LogP contribution in [-0.2, 0) is 4.79 Å². The highest BCUT2D eigenvalue weighted by Crippen LogP contribution is 2.43. The fourth-order valence-electron chi connectivity index (χ4n) is 5.19. The first-order chi connectivity index (χ1) is 17.7. The number of fused-ring (bicyclic) bond motifs is 2. The Hall–Kier alpha value is -4.52. The van der Waals surface area contributed by atoms with Gasteiger partial charge in [0.2, 0.25) is 5.95 Å². The topological polar surface area (TPSA) is 114 Å².